The SMILES string of the molecule is COC1=CC2=CNCCC2=CC1(OC)[Se]CC(F)(F)F. The Kier molecular flexibility index (Phi) is 4.52. The molecule has 0 spiro atoms. The van der Waals surface area contributed by atoms with Crippen LogP contribution in [0.3, 0.4) is 0 Å². The second kappa shape index (κ2) is 5.84. The molecular weight excluding hydrogens is 338 g/mol. The molecule has 1 heterocycles. The van der Waals surface area contributed by atoms with E-state index < -0.39 is 31.0 Å². The van der Waals surface area contributed by atoms with Crippen LogP contribution < -0.4 is 5.32 Å². The number of methoxy groups -OCH3 is 2. The van der Waals surface area contributed by atoms with E-state index in [9.17, 15) is 13.2 Å². The van der Waals surface area contributed by atoms with Crippen molar-refractivity contribution in [2.45, 2.75) is 22.4 Å². The fraction of sp³-hybridized carbons (Fsp3) is 0.538. The van der Waals surface area contributed by atoms with Crippen LogP contribution in [0.4, 0.5) is 13.2 Å². The van der Waals surface area contributed by atoms with Crippen molar-refractivity contribution in [3.05, 3.63) is 35.3 Å². The molecule has 0 bridgehead atoms. The van der Waals surface area contributed by atoms with Crippen molar-refractivity contribution in [2.24, 2.45) is 0 Å². The Balaban J connectivity index is 2.32. The van der Waals surface area contributed by atoms with Gasteiger partial charge in [-0.25, -0.2) is 0 Å². The van der Waals surface area contributed by atoms with Crippen LogP contribution in [0.1, 0.15) is 6.42 Å². The van der Waals surface area contributed by atoms with Crippen molar-refractivity contribution >= 4 is 15.0 Å². The van der Waals surface area contributed by atoms with Crippen molar-refractivity contribution in [3.8, 4) is 0 Å². The molecule has 0 aromatic carbocycles. The fourth-order valence-electron chi connectivity index (χ4n) is 2.18. The summed E-state index contributed by atoms with van der Waals surface area (Å²) in [6.07, 6.45) is 2.00. The molecule has 3 nitrogen and oxygen atoms in total. The van der Waals surface area contributed by atoms with Crippen LogP contribution in [0.25, 0.3) is 0 Å². The zero-order valence-electron chi connectivity index (χ0n) is 11.2. The van der Waals surface area contributed by atoms with Gasteiger partial charge in [-0.05, 0) is 0 Å². The van der Waals surface area contributed by atoms with Gasteiger partial charge in [0.05, 0.1) is 0 Å². The summed E-state index contributed by atoms with van der Waals surface area (Å²) in [5, 5.41) is 2.26. The Morgan fingerprint density at radius 3 is 2.75 bits per heavy atom. The standard InChI is InChI=1S/C13H16F3NO2Se/c1-18-11-5-10-7-17-4-3-9(10)6-12(11,19-2)20-8-13(14,15)16/h5-7,17H,3-4,8H2,1-2H3. The van der Waals surface area contributed by atoms with Gasteiger partial charge >= 0.3 is 121 Å². The van der Waals surface area contributed by atoms with E-state index in [0.29, 0.717) is 5.76 Å². The number of ether oxygens (including phenoxy) is 2. The van der Waals surface area contributed by atoms with E-state index in [2.05, 4.69) is 5.32 Å². The number of hydrogen-bond acceptors (Lipinski definition) is 3. The van der Waals surface area contributed by atoms with Gasteiger partial charge in [0.15, 0.2) is 0 Å². The van der Waals surface area contributed by atoms with Crippen molar-refractivity contribution in [3.63, 3.8) is 0 Å². The monoisotopic (exact) mass is 355 g/mol. The molecule has 0 saturated heterocycles. The average Bonchev–Trinajstić information content (AvgIpc) is 2.43. The maximum atomic E-state index is 12.5. The first-order valence-corrected chi connectivity index (χ1v) is 8.15. The molecule has 0 aromatic heterocycles. The molecule has 112 valence electrons. The van der Waals surface area contributed by atoms with Gasteiger partial charge < -0.3 is 0 Å². The summed E-state index contributed by atoms with van der Waals surface area (Å²) < 4.78 is 47.3. The van der Waals surface area contributed by atoms with Crippen molar-refractivity contribution < 1.29 is 22.6 Å². The second-order valence-corrected chi connectivity index (χ2v) is 6.95. The molecule has 7 heteroatoms. The van der Waals surface area contributed by atoms with Crippen molar-refractivity contribution in [1.82, 2.24) is 5.32 Å². The molecule has 0 amide bonds. The summed E-state index contributed by atoms with van der Waals surface area (Å²) in [7, 11) is 2.89. The topological polar surface area (TPSA) is 30.5 Å². The van der Waals surface area contributed by atoms with E-state index in [0.717, 1.165) is 24.1 Å². The number of allylic oxidation sites excluding steroid dienone is 2. The fourth-order valence-corrected chi connectivity index (χ4v) is 4.29. The summed E-state index contributed by atoms with van der Waals surface area (Å²) in [5.74, 6) is 0.433. The Labute approximate surface area is 122 Å². The van der Waals surface area contributed by atoms with Crippen LogP contribution in [0.5, 0.6) is 0 Å². The molecule has 0 aromatic rings. The average molecular weight is 354 g/mol. The summed E-state index contributed by atoms with van der Waals surface area (Å²) in [6, 6.07) is 0. The van der Waals surface area contributed by atoms with Gasteiger partial charge in [-0.3, -0.25) is 0 Å². The molecule has 0 radical (unpaired) electrons. The summed E-state index contributed by atoms with van der Waals surface area (Å²) in [5.41, 5.74) is 1.96. The van der Waals surface area contributed by atoms with E-state index in [1.165, 1.54) is 14.2 Å². The minimum absolute atomic E-state index is 0.433. The van der Waals surface area contributed by atoms with Gasteiger partial charge in [0.25, 0.3) is 0 Å². The van der Waals surface area contributed by atoms with Gasteiger partial charge in [0.1, 0.15) is 0 Å². The van der Waals surface area contributed by atoms with E-state index in [-0.39, 0.29) is 0 Å². The van der Waals surface area contributed by atoms with E-state index in [1.807, 2.05) is 6.20 Å². The molecule has 1 N–H and O–H groups in total. The molecule has 1 aliphatic heterocycles. The van der Waals surface area contributed by atoms with Gasteiger partial charge in [0.2, 0.25) is 0 Å². The van der Waals surface area contributed by atoms with E-state index in [4.69, 9.17) is 9.47 Å². The Bertz CT molecular complexity index is 471. The maximum absolute atomic E-state index is 12.5. The Hall–Kier alpha value is -0.911. The van der Waals surface area contributed by atoms with Crippen molar-refractivity contribution in [2.75, 3.05) is 20.8 Å². The molecule has 1 atom stereocenters. The number of halogens is 3. The van der Waals surface area contributed by atoms with Crippen LogP contribution in [0, 0.1) is 0 Å². The third kappa shape index (κ3) is 3.22. The van der Waals surface area contributed by atoms with Crippen LogP contribution >= 0.6 is 0 Å². The van der Waals surface area contributed by atoms with Crippen molar-refractivity contribution in [1.29, 1.82) is 0 Å². The summed E-state index contributed by atoms with van der Waals surface area (Å²) in [4.78, 5) is 0. The third-order valence-electron chi connectivity index (χ3n) is 3.13. The normalized spacial score (nSPS) is 25.9. The molecule has 1 aliphatic carbocycles. The van der Waals surface area contributed by atoms with Crippen LogP contribution in [0.15, 0.2) is 35.3 Å². The second-order valence-electron chi connectivity index (χ2n) is 4.46. The number of nitrogens with one attached hydrogen (secondary N) is 1. The third-order valence-corrected chi connectivity index (χ3v) is 6.04. The first-order chi connectivity index (χ1) is 9.40. The molecule has 2 rings (SSSR count). The molecule has 0 fully saturated rings. The first kappa shape index (κ1) is 15.5. The Morgan fingerprint density at radius 1 is 1.40 bits per heavy atom. The number of fused-ring (bicyclic) bond motifs is 1. The zero-order chi connectivity index (χ0) is 14.8. The predicted octanol–water partition coefficient (Wildman–Crippen LogP) is 2.36. The predicted molar refractivity (Wildman–Crippen MR) is 70.2 cm³/mol. The quantitative estimate of drug-likeness (QED) is 0.787. The molecule has 0 saturated carbocycles. The summed E-state index contributed by atoms with van der Waals surface area (Å²) in [6.45, 7) is 0.775. The van der Waals surface area contributed by atoms with Gasteiger partial charge in [-0.1, -0.05) is 0 Å². The van der Waals surface area contributed by atoms with E-state index in [1.54, 1.807) is 12.2 Å². The summed E-state index contributed by atoms with van der Waals surface area (Å²) >= 11 is -0.828. The number of alkyl halides is 3. The molecule has 2 aliphatic rings. The Morgan fingerprint density at radius 2 is 2.15 bits per heavy atom. The zero-order valence-corrected chi connectivity index (χ0v) is 12.9. The molecule has 20 heavy (non-hydrogen) atoms. The molecule has 1 unspecified atom stereocenters. The minimum atomic E-state index is -4.19. The molecular formula is C13H16F3NO2Se. The first-order valence-electron chi connectivity index (χ1n) is 6.08. The van der Waals surface area contributed by atoms with E-state index >= 15 is 0 Å². The number of rotatable bonds is 4. The number of hydrogen-bond donors (Lipinski definition) is 1. The van der Waals surface area contributed by atoms with Gasteiger partial charge in [0, 0.05) is 0 Å². The van der Waals surface area contributed by atoms with Gasteiger partial charge in [-0.2, -0.15) is 0 Å². The van der Waals surface area contributed by atoms with Crippen LogP contribution in [-0.2, 0) is 9.47 Å². The van der Waals surface area contributed by atoms with Crippen LogP contribution in [-0.4, -0.2) is 46.4 Å². The van der Waals surface area contributed by atoms with Crippen LogP contribution in [0.2, 0.25) is 5.32 Å². The van der Waals surface area contributed by atoms with Gasteiger partial charge in [-0.15, -0.1) is 0 Å².